The first-order valence-electron chi connectivity index (χ1n) is 5.10. The SMILES string of the molecule is CC(=O)C1C(=O)N(C)C(C)(C)CC1(C)O. The Morgan fingerprint density at radius 2 is 1.93 bits per heavy atom. The van der Waals surface area contributed by atoms with Gasteiger partial charge in [-0.05, 0) is 34.1 Å². The van der Waals surface area contributed by atoms with Crippen LogP contribution in [0.15, 0.2) is 0 Å². The van der Waals surface area contributed by atoms with Crippen molar-refractivity contribution in [1.82, 2.24) is 4.90 Å². The van der Waals surface area contributed by atoms with Gasteiger partial charge in [0, 0.05) is 12.6 Å². The highest BCUT2D eigenvalue weighted by molar-refractivity contribution is 6.02. The monoisotopic (exact) mass is 213 g/mol. The zero-order valence-electron chi connectivity index (χ0n) is 10.00. The van der Waals surface area contributed by atoms with E-state index in [1.807, 2.05) is 13.8 Å². The molecule has 86 valence electrons. The molecule has 2 atom stereocenters. The van der Waals surface area contributed by atoms with Gasteiger partial charge in [-0.3, -0.25) is 9.59 Å². The molecule has 15 heavy (non-hydrogen) atoms. The third-order valence-corrected chi connectivity index (χ3v) is 3.30. The third-order valence-electron chi connectivity index (χ3n) is 3.30. The molecular formula is C11H19NO3. The van der Waals surface area contributed by atoms with Crippen LogP contribution in [0.3, 0.4) is 0 Å². The van der Waals surface area contributed by atoms with Crippen LogP contribution in [0, 0.1) is 5.92 Å². The number of nitrogens with zero attached hydrogens (tertiary/aromatic N) is 1. The average molecular weight is 213 g/mol. The number of aliphatic hydroxyl groups is 1. The standard InChI is InChI=1S/C11H19NO3/c1-7(13)8-9(14)12(5)10(2,3)6-11(8,4)15/h8,15H,6H2,1-5H3. The van der Waals surface area contributed by atoms with E-state index in [9.17, 15) is 14.7 Å². The van der Waals surface area contributed by atoms with E-state index in [0.29, 0.717) is 6.42 Å². The first-order valence-corrected chi connectivity index (χ1v) is 5.10. The molecule has 0 spiro atoms. The topological polar surface area (TPSA) is 57.6 Å². The summed E-state index contributed by atoms with van der Waals surface area (Å²) in [6, 6.07) is 0. The van der Waals surface area contributed by atoms with Crippen molar-refractivity contribution in [3.8, 4) is 0 Å². The number of rotatable bonds is 1. The molecule has 1 aliphatic rings. The van der Waals surface area contributed by atoms with Crippen molar-refractivity contribution in [3.63, 3.8) is 0 Å². The lowest BCUT2D eigenvalue weighted by Crippen LogP contribution is -2.63. The van der Waals surface area contributed by atoms with E-state index >= 15 is 0 Å². The van der Waals surface area contributed by atoms with Crippen LogP contribution < -0.4 is 0 Å². The van der Waals surface area contributed by atoms with Gasteiger partial charge in [0.15, 0.2) is 0 Å². The predicted octanol–water partition coefficient (Wildman–Crippen LogP) is 0.583. The van der Waals surface area contributed by atoms with Crippen LogP contribution in [-0.4, -0.2) is 39.9 Å². The molecule has 0 bridgehead atoms. The van der Waals surface area contributed by atoms with E-state index in [1.165, 1.54) is 6.92 Å². The van der Waals surface area contributed by atoms with Crippen molar-refractivity contribution >= 4 is 11.7 Å². The van der Waals surface area contributed by atoms with E-state index in [1.54, 1.807) is 18.9 Å². The predicted molar refractivity (Wildman–Crippen MR) is 56.3 cm³/mol. The quantitative estimate of drug-likeness (QED) is 0.648. The zero-order chi connectivity index (χ0) is 12.0. The normalized spacial score (nSPS) is 35.5. The molecule has 0 saturated carbocycles. The second-order valence-corrected chi connectivity index (χ2v) is 5.29. The van der Waals surface area contributed by atoms with Gasteiger partial charge in [-0.1, -0.05) is 0 Å². The van der Waals surface area contributed by atoms with Crippen LogP contribution in [0.25, 0.3) is 0 Å². The molecule has 0 radical (unpaired) electrons. The Labute approximate surface area is 90.3 Å². The largest absolute Gasteiger partial charge is 0.389 e. The molecule has 1 heterocycles. The van der Waals surface area contributed by atoms with Gasteiger partial charge in [0.25, 0.3) is 0 Å². The van der Waals surface area contributed by atoms with Crippen LogP contribution in [0.2, 0.25) is 0 Å². The zero-order valence-corrected chi connectivity index (χ0v) is 10.00. The Bertz CT molecular complexity index is 307. The van der Waals surface area contributed by atoms with Gasteiger partial charge in [0.05, 0.1) is 5.60 Å². The maximum absolute atomic E-state index is 11.9. The number of ketones is 1. The highest BCUT2D eigenvalue weighted by Gasteiger charge is 2.52. The van der Waals surface area contributed by atoms with Crippen molar-refractivity contribution in [2.45, 2.75) is 45.3 Å². The molecule has 1 aliphatic heterocycles. The van der Waals surface area contributed by atoms with Crippen LogP contribution in [0.5, 0.6) is 0 Å². The Balaban J connectivity index is 3.13. The maximum Gasteiger partial charge on any atom is 0.236 e. The van der Waals surface area contributed by atoms with Gasteiger partial charge >= 0.3 is 0 Å². The lowest BCUT2D eigenvalue weighted by molar-refractivity contribution is -0.168. The van der Waals surface area contributed by atoms with Gasteiger partial charge in [-0.2, -0.15) is 0 Å². The minimum Gasteiger partial charge on any atom is -0.389 e. The van der Waals surface area contributed by atoms with Crippen molar-refractivity contribution < 1.29 is 14.7 Å². The van der Waals surface area contributed by atoms with Crippen molar-refractivity contribution in [2.24, 2.45) is 5.92 Å². The van der Waals surface area contributed by atoms with Crippen LogP contribution >= 0.6 is 0 Å². The molecule has 0 aromatic carbocycles. The molecule has 4 heteroatoms. The lowest BCUT2D eigenvalue weighted by atomic mass is 9.72. The van der Waals surface area contributed by atoms with Crippen molar-refractivity contribution in [3.05, 3.63) is 0 Å². The Morgan fingerprint density at radius 3 is 2.33 bits per heavy atom. The molecule has 1 rings (SSSR count). The summed E-state index contributed by atoms with van der Waals surface area (Å²) in [6.45, 7) is 6.68. The summed E-state index contributed by atoms with van der Waals surface area (Å²) in [5, 5.41) is 10.2. The Morgan fingerprint density at radius 1 is 1.47 bits per heavy atom. The molecule has 1 amide bonds. The lowest BCUT2D eigenvalue weighted by Gasteiger charge is -2.49. The fraction of sp³-hybridized carbons (Fsp3) is 0.818. The highest BCUT2D eigenvalue weighted by Crippen LogP contribution is 2.37. The van der Waals surface area contributed by atoms with E-state index in [0.717, 1.165) is 0 Å². The number of Topliss-reactive ketones (excluding diaryl/α,β-unsaturated/α-hetero) is 1. The van der Waals surface area contributed by atoms with Crippen molar-refractivity contribution in [1.29, 1.82) is 0 Å². The van der Waals surface area contributed by atoms with Crippen LogP contribution in [0.1, 0.15) is 34.1 Å². The fourth-order valence-electron chi connectivity index (χ4n) is 2.47. The van der Waals surface area contributed by atoms with Gasteiger partial charge in [-0.15, -0.1) is 0 Å². The van der Waals surface area contributed by atoms with Gasteiger partial charge in [0.1, 0.15) is 11.7 Å². The average Bonchev–Trinajstić information content (AvgIpc) is 1.96. The molecule has 4 nitrogen and oxygen atoms in total. The molecule has 1 fully saturated rings. The summed E-state index contributed by atoms with van der Waals surface area (Å²) in [4.78, 5) is 24.9. The fourth-order valence-corrected chi connectivity index (χ4v) is 2.47. The number of hydrogen-bond donors (Lipinski definition) is 1. The van der Waals surface area contributed by atoms with E-state index in [2.05, 4.69) is 0 Å². The second-order valence-electron chi connectivity index (χ2n) is 5.29. The summed E-state index contributed by atoms with van der Waals surface area (Å²) in [5.74, 6) is -1.48. The molecular weight excluding hydrogens is 194 g/mol. The minimum atomic E-state index is -1.24. The van der Waals surface area contributed by atoms with Gasteiger partial charge in [0.2, 0.25) is 5.91 Å². The molecule has 0 aromatic heterocycles. The van der Waals surface area contributed by atoms with Crippen LogP contribution in [0.4, 0.5) is 0 Å². The van der Waals surface area contributed by atoms with Crippen molar-refractivity contribution in [2.75, 3.05) is 7.05 Å². The van der Waals surface area contributed by atoms with Gasteiger partial charge in [-0.25, -0.2) is 0 Å². The third kappa shape index (κ3) is 1.91. The number of carbonyl (C=O) groups excluding carboxylic acids is 2. The summed E-state index contributed by atoms with van der Waals surface area (Å²) in [7, 11) is 1.67. The second kappa shape index (κ2) is 3.30. The first kappa shape index (κ1) is 12.2. The van der Waals surface area contributed by atoms with Gasteiger partial charge < -0.3 is 10.0 Å². The molecule has 1 N–H and O–H groups in total. The number of piperidine rings is 1. The molecule has 2 unspecified atom stereocenters. The summed E-state index contributed by atoms with van der Waals surface area (Å²) in [6.07, 6.45) is 0.409. The number of amides is 1. The van der Waals surface area contributed by atoms with Crippen LogP contribution in [-0.2, 0) is 9.59 Å². The summed E-state index contributed by atoms with van der Waals surface area (Å²) < 4.78 is 0. The number of hydrogen-bond acceptors (Lipinski definition) is 3. The van der Waals surface area contributed by atoms with E-state index in [-0.39, 0.29) is 11.7 Å². The molecule has 0 aliphatic carbocycles. The Hall–Kier alpha value is -0.900. The highest BCUT2D eigenvalue weighted by atomic mass is 16.3. The maximum atomic E-state index is 11.9. The summed E-state index contributed by atoms with van der Waals surface area (Å²) >= 11 is 0. The molecule has 1 saturated heterocycles. The Kier molecular flexibility index (Phi) is 2.68. The number of likely N-dealkylation sites (tertiary alicyclic amines) is 1. The molecule has 0 aromatic rings. The van der Waals surface area contributed by atoms with E-state index < -0.39 is 17.1 Å². The summed E-state index contributed by atoms with van der Waals surface area (Å²) in [5.41, 5.74) is -1.65. The smallest absolute Gasteiger partial charge is 0.236 e. The number of carbonyl (C=O) groups is 2. The first-order chi connectivity index (χ1) is 6.59. The minimum absolute atomic E-state index is 0.271. The van der Waals surface area contributed by atoms with E-state index in [4.69, 9.17) is 0 Å².